The zero-order valence-corrected chi connectivity index (χ0v) is 15.6. The number of carbonyl (C=O) groups is 2. The van der Waals surface area contributed by atoms with Crippen molar-refractivity contribution in [3.05, 3.63) is 59.4 Å². The van der Waals surface area contributed by atoms with Gasteiger partial charge in [-0.05, 0) is 36.6 Å². The third kappa shape index (κ3) is 3.82. The number of hydrogen-bond acceptors (Lipinski definition) is 2. The Hall–Kier alpha value is -2.56. The second-order valence-electron chi connectivity index (χ2n) is 6.82. The first-order valence-corrected chi connectivity index (χ1v) is 9.38. The van der Waals surface area contributed by atoms with Gasteiger partial charge in [-0.15, -0.1) is 0 Å². The second-order valence-corrected chi connectivity index (χ2v) is 6.82. The molecule has 1 N–H and O–H groups in total. The Morgan fingerprint density at radius 1 is 1.12 bits per heavy atom. The molecule has 2 amide bonds. The van der Waals surface area contributed by atoms with E-state index in [9.17, 15) is 9.59 Å². The number of rotatable bonds is 6. The van der Waals surface area contributed by atoms with Gasteiger partial charge in [0.1, 0.15) is 0 Å². The van der Waals surface area contributed by atoms with Gasteiger partial charge in [-0.1, -0.05) is 31.2 Å². The summed E-state index contributed by atoms with van der Waals surface area (Å²) in [5.41, 5.74) is 3.45. The molecule has 1 aromatic carbocycles. The van der Waals surface area contributed by atoms with Crippen molar-refractivity contribution in [3.63, 3.8) is 0 Å². The van der Waals surface area contributed by atoms with Crippen LogP contribution >= 0.6 is 0 Å². The molecular formula is C21H27N3O2. The van der Waals surface area contributed by atoms with Gasteiger partial charge in [-0.2, -0.15) is 0 Å². The van der Waals surface area contributed by atoms with E-state index in [1.54, 1.807) is 0 Å². The highest BCUT2D eigenvalue weighted by atomic mass is 16.2. The summed E-state index contributed by atoms with van der Waals surface area (Å²) in [5, 5.41) is 2.84. The van der Waals surface area contributed by atoms with Crippen LogP contribution in [0.25, 0.3) is 0 Å². The molecule has 0 spiro atoms. The van der Waals surface area contributed by atoms with Gasteiger partial charge in [0, 0.05) is 44.4 Å². The molecule has 2 heterocycles. The van der Waals surface area contributed by atoms with Crippen LogP contribution in [-0.2, 0) is 16.1 Å². The van der Waals surface area contributed by atoms with Crippen LogP contribution in [0.1, 0.15) is 49.0 Å². The number of benzene rings is 1. The van der Waals surface area contributed by atoms with Crippen molar-refractivity contribution >= 4 is 11.8 Å². The Balaban J connectivity index is 1.80. The molecule has 0 saturated carbocycles. The summed E-state index contributed by atoms with van der Waals surface area (Å²) in [6.07, 6.45) is 3.47. The van der Waals surface area contributed by atoms with Gasteiger partial charge in [0.2, 0.25) is 11.8 Å². The second kappa shape index (κ2) is 8.21. The fourth-order valence-electron chi connectivity index (χ4n) is 3.59. The number of hydrogen-bond donors (Lipinski definition) is 1. The molecule has 2 aromatic rings. The standard InChI is InChI=1S/C21H27N3O2/c1-3-12-22-19(25)10-11-20(26)24-15-14-23-13-6-9-18(23)21(24)17-8-5-4-7-16(17)2/h4-9,13,21H,3,10-12,14-15H2,1-2H3,(H,22,25)/t21-/m1/s1. The van der Waals surface area contributed by atoms with Crippen LogP contribution in [-0.4, -0.2) is 34.4 Å². The van der Waals surface area contributed by atoms with Gasteiger partial charge in [-0.25, -0.2) is 0 Å². The van der Waals surface area contributed by atoms with Crippen LogP contribution in [0.2, 0.25) is 0 Å². The number of aryl methyl sites for hydroxylation is 1. The van der Waals surface area contributed by atoms with Crippen molar-refractivity contribution < 1.29 is 9.59 Å². The predicted octanol–water partition coefficient (Wildman–Crippen LogP) is 3.03. The molecule has 3 rings (SSSR count). The van der Waals surface area contributed by atoms with Gasteiger partial charge >= 0.3 is 0 Å². The van der Waals surface area contributed by atoms with E-state index >= 15 is 0 Å². The maximum Gasteiger partial charge on any atom is 0.223 e. The molecule has 1 aliphatic heterocycles. The maximum atomic E-state index is 12.9. The van der Waals surface area contributed by atoms with Crippen molar-refractivity contribution in [1.82, 2.24) is 14.8 Å². The van der Waals surface area contributed by atoms with Crippen molar-refractivity contribution in [2.75, 3.05) is 13.1 Å². The summed E-state index contributed by atoms with van der Waals surface area (Å²) in [6, 6.07) is 12.2. The van der Waals surface area contributed by atoms with E-state index in [2.05, 4.69) is 41.2 Å². The summed E-state index contributed by atoms with van der Waals surface area (Å²) in [6.45, 7) is 6.21. The van der Waals surface area contributed by atoms with Crippen LogP contribution in [0.5, 0.6) is 0 Å². The number of amides is 2. The monoisotopic (exact) mass is 353 g/mol. The third-order valence-corrected chi connectivity index (χ3v) is 4.98. The number of carbonyl (C=O) groups excluding carboxylic acids is 2. The van der Waals surface area contributed by atoms with Crippen LogP contribution in [0.3, 0.4) is 0 Å². The average molecular weight is 353 g/mol. The molecule has 138 valence electrons. The van der Waals surface area contributed by atoms with E-state index < -0.39 is 0 Å². The number of nitrogens with one attached hydrogen (secondary N) is 1. The zero-order chi connectivity index (χ0) is 18.5. The summed E-state index contributed by atoms with van der Waals surface area (Å²) in [7, 11) is 0. The smallest absolute Gasteiger partial charge is 0.223 e. The summed E-state index contributed by atoms with van der Waals surface area (Å²) < 4.78 is 2.22. The minimum absolute atomic E-state index is 0.0392. The highest BCUT2D eigenvalue weighted by molar-refractivity contribution is 5.84. The number of fused-ring (bicyclic) bond motifs is 1. The quantitative estimate of drug-likeness (QED) is 0.868. The fourth-order valence-corrected chi connectivity index (χ4v) is 3.59. The van der Waals surface area contributed by atoms with Crippen molar-refractivity contribution in [3.8, 4) is 0 Å². The van der Waals surface area contributed by atoms with Crippen molar-refractivity contribution in [2.24, 2.45) is 0 Å². The lowest BCUT2D eigenvalue weighted by Gasteiger charge is -2.38. The van der Waals surface area contributed by atoms with Crippen LogP contribution in [0.4, 0.5) is 0 Å². The zero-order valence-electron chi connectivity index (χ0n) is 15.6. The molecule has 0 aliphatic carbocycles. The maximum absolute atomic E-state index is 12.9. The van der Waals surface area contributed by atoms with Gasteiger partial charge < -0.3 is 14.8 Å². The average Bonchev–Trinajstić information content (AvgIpc) is 3.13. The lowest BCUT2D eigenvalue weighted by atomic mass is 9.95. The van der Waals surface area contributed by atoms with E-state index in [0.29, 0.717) is 13.1 Å². The van der Waals surface area contributed by atoms with E-state index in [-0.39, 0.29) is 30.7 Å². The Kier molecular flexibility index (Phi) is 5.76. The lowest BCUT2D eigenvalue weighted by molar-refractivity contribution is -0.136. The number of aromatic nitrogens is 1. The largest absolute Gasteiger partial charge is 0.356 e. The third-order valence-electron chi connectivity index (χ3n) is 4.98. The first kappa shape index (κ1) is 18.2. The number of nitrogens with zero attached hydrogens (tertiary/aromatic N) is 2. The minimum Gasteiger partial charge on any atom is -0.356 e. The molecule has 0 radical (unpaired) electrons. The van der Waals surface area contributed by atoms with E-state index in [0.717, 1.165) is 24.2 Å². The summed E-state index contributed by atoms with van der Waals surface area (Å²) in [5.74, 6) is -0.00891. The summed E-state index contributed by atoms with van der Waals surface area (Å²) in [4.78, 5) is 26.7. The topological polar surface area (TPSA) is 54.3 Å². The Morgan fingerprint density at radius 2 is 1.92 bits per heavy atom. The Morgan fingerprint density at radius 3 is 2.69 bits per heavy atom. The molecule has 1 aliphatic rings. The van der Waals surface area contributed by atoms with Crippen molar-refractivity contribution in [2.45, 2.75) is 45.7 Å². The van der Waals surface area contributed by atoms with Crippen LogP contribution < -0.4 is 5.32 Å². The van der Waals surface area contributed by atoms with E-state index in [1.807, 2.05) is 30.0 Å². The lowest BCUT2D eigenvalue weighted by Crippen LogP contribution is -2.43. The molecule has 5 nitrogen and oxygen atoms in total. The highest BCUT2D eigenvalue weighted by Gasteiger charge is 2.32. The van der Waals surface area contributed by atoms with Crippen LogP contribution in [0.15, 0.2) is 42.6 Å². The van der Waals surface area contributed by atoms with Crippen LogP contribution in [0, 0.1) is 6.92 Å². The van der Waals surface area contributed by atoms with Crippen molar-refractivity contribution in [1.29, 1.82) is 0 Å². The molecular weight excluding hydrogens is 326 g/mol. The first-order chi connectivity index (χ1) is 12.6. The summed E-state index contributed by atoms with van der Waals surface area (Å²) >= 11 is 0. The molecule has 1 aromatic heterocycles. The first-order valence-electron chi connectivity index (χ1n) is 9.38. The molecule has 0 unspecified atom stereocenters. The van der Waals surface area contributed by atoms with Gasteiger partial charge in [0.15, 0.2) is 0 Å². The molecule has 26 heavy (non-hydrogen) atoms. The van der Waals surface area contributed by atoms with Gasteiger partial charge in [0.05, 0.1) is 6.04 Å². The van der Waals surface area contributed by atoms with Gasteiger partial charge in [0.25, 0.3) is 0 Å². The molecule has 0 fully saturated rings. The minimum atomic E-state index is -0.0915. The molecule has 1 atom stereocenters. The fraction of sp³-hybridized carbons (Fsp3) is 0.429. The van der Waals surface area contributed by atoms with Gasteiger partial charge in [-0.3, -0.25) is 9.59 Å². The van der Waals surface area contributed by atoms with E-state index in [4.69, 9.17) is 0 Å². The molecule has 0 bridgehead atoms. The SMILES string of the molecule is CCCNC(=O)CCC(=O)N1CCn2cccc2[C@H]1c1ccccc1C. The molecule has 5 heteroatoms. The normalized spacial score (nSPS) is 16.2. The van der Waals surface area contributed by atoms with E-state index in [1.165, 1.54) is 5.56 Å². The Bertz CT molecular complexity index is 781. The molecule has 0 saturated heterocycles. The predicted molar refractivity (Wildman–Crippen MR) is 102 cm³/mol. The highest BCUT2D eigenvalue weighted by Crippen LogP contribution is 2.34. The Labute approximate surface area is 155 Å².